The number of benzene rings is 2. The molecule has 0 amide bonds. The van der Waals surface area contributed by atoms with E-state index in [4.69, 9.17) is 0 Å². The maximum atomic E-state index is 13.6. The molecule has 4 rings (SSSR count). The summed E-state index contributed by atoms with van der Waals surface area (Å²) in [5.41, 5.74) is 4.75. The minimum Gasteiger partial charge on any atom is -0.378 e. The van der Waals surface area contributed by atoms with Crippen LogP contribution >= 0.6 is 0 Å². The Labute approximate surface area is 124 Å². The summed E-state index contributed by atoms with van der Waals surface area (Å²) in [6.45, 7) is 2.11. The number of hydrogen-bond acceptors (Lipinski definition) is 1. The number of hydrogen-bond donors (Lipinski definition) is 1. The van der Waals surface area contributed by atoms with Gasteiger partial charge >= 0.3 is 0 Å². The van der Waals surface area contributed by atoms with Crippen molar-refractivity contribution in [2.45, 2.75) is 25.3 Å². The number of fused-ring (bicyclic) bond motifs is 3. The molecule has 2 aromatic rings. The van der Waals surface area contributed by atoms with E-state index in [0.29, 0.717) is 17.9 Å². The Kier molecular flexibility index (Phi) is 2.85. The van der Waals surface area contributed by atoms with Gasteiger partial charge in [0.1, 0.15) is 5.82 Å². The lowest BCUT2D eigenvalue weighted by Crippen LogP contribution is -2.29. The first kappa shape index (κ1) is 12.6. The van der Waals surface area contributed by atoms with Crippen molar-refractivity contribution in [1.29, 1.82) is 0 Å². The van der Waals surface area contributed by atoms with Crippen molar-refractivity contribution < 1.29 is 4.39 Å². The summed E-state index contributed by atoms with van der Waals surface area (Å²) >= 11 is 0. The highest BCUT2D eigenvalue weighted by Gasteiger charge is 2.37. The molecule has 0 fully saturated rings. The number of nitrogens with one attached hydrogen (secondary N) is 1. The highest BCUT2D eigenvalue weighted by Crippen LogP contribution is 2.49. The van der Waals surface area contributed by atoms with E-state index in [9.17, 15) is 4.39 Å². The van der Waals surface area contributed by atoms with Gasteiger partial charge in [-0.1, -0.05) is 42.0 Å². The van der Waals surface area contributed by atoms with Crippen molar-refractivity contribution in [3.8, 4) is 0 Å². The molecule has 0 saturated carbocycles. The second-order valence-electron chi connectivity index (χ2n) is 6.12. The lowest BCUT2D eigenvalue weighted by Gasteiger charge is -2.37. The van der Waals surface area contributed by atoms with Crippen LogP contribution in [0.25, 0.3) is 0 Å². The summed E-state index contributed by atoms with van der Waals surface area (Å²) in [6, 6.07) is 14.1. The molecule has 1 aliphatic heterocycles. The molecule has 0 saturated heterocycles. The van der Waals surface area contributed by atoms with Crippen LogP contribution < -0.4 is 5.32 Å². The molecule has 0 aromatic heterocycles. The van der Waals surface area contributed by atoms with Crippen molar-refractivity contribution in [2.75, 3.05) is 5.32 Å². The maximum absolute atomic E-state index is 13.6. The van der Waals surface area contributed by atoms with Crippen molar-refractivity contribution in [2.24, 2.45) is 5.92 Å². The summed E-state index contributed by atoms with van der Waals surface area (Å²) in [6.07, 6.45) is 5.52. The first-order valence-electron chi connectivity index (χ1n) is 7.51. The maximum Gasteiger partial charge on any atom is 0.123 e. The highest BCUT2D eigenvalue weighted by atomic mass is 19.1. The number of rotatable bonds is 1. The Bertz CT molecular complexity index is 702. The second-order valence-corrected chi connectivity index (χ2v) is 6.12. The van der Waals surface area contributed by atoms with Gasteiger partial charge in [-0.15, -0.1) is 0 Å². The van der Waals surface area contributed by atoms with Crippen LogP contribution in [0.5, 0.6) is 0 Å². The normalized spacial score (nSPS) is 26.1. The Morgan fingerprint density at radius 2 is 1.90 bits per heavy atom. The van der Waals surface area contributed by atoms with Gasteiger partial charge in [0.15, 0.2) is 0 Å². The van der Waals surface area contributed by atoms with Gasteiger partial charge in [0.2, 0.25) is 0 Å². The minimum atomic E-state index is -0.150. The first-order valence-corrected chi connectivity index (χ1v) is 7.51. The minimum absolute atomic E-state index is 0.150. The van der Waals surface area contributed by atoms with Gasteiger partial charge in [0.25, 0.3) is 0 Å². The highest BCUT2D eigenvalue weighted by molar-refractivity contribution is 5.59. The topological polar surface area (TPSA) is 12.0 Å². The SMILES string of the molecule is Cc1ccc([C@@H]2Nc3ccc(F)cc3[C@@H]3C=CC[C@@H]32)cc1. The third-order valence-corrected chi connectivity index (χ3v) is 4.76. The molecule has 2 aliphatic rings. The van der Waals surface area contributed by atoms with Gasteiger partial charge in [-0.25, -0.2) is 4.39 Å². The van der Waals surface area contributed by atoms with E-state index in [-0.39, 0.29) is 5.82 Å². The third kappa shape index (κ3) is 2.06. The predicted octanol–water partition coefficient (Wildman–Crippen LogP) is 4.96. The van der Waals surface area contributed by atoms with Crippen molar-refractivity contribution in [3.63, 3.8) is 0 Å². The summed E-state index contributed by atoms with van der Waals surface area (Å²) < 4.78 is 13.6. The van der Waals surface area contributed by atoms with E-state index < -0.39 is 0 Å². The van der Waals surface area contributed by atoms with Crippen LogP contribution in [0.2, 0.25) is 0 Å². The van der Waals surface area contributed by atoms with Crippen molar-refractivity contribution in [1.82, 2.24) is 0 Å². The Morgan fingerprint density at radius 1 is 1.10 bits per heavy atom. The van der Waals surface area contributed by atoms with E-state index in [0.717, 1.165) is 17.7 Å². The quantitative estimate of drug-likeness (QED) is 0.727. The zero-order chi connectivity index (χ0) is 14.4. The third-order valence-electron chi connectivity index (χ3n) is 4.76. The molecule has 3 atom stereocenters. The van der Waals surface area contributed by atoms with Crippen LogP contribution in [0.15, 0.2) is 54.6 Å². The standard InChI is InChI=1S/C19H18FN/c1-12-5-7-13(8-6-12)19-16-4-2-3-15(16)17-11-14(20)9-10-18(17)21-19/h2-3,5-11,15-16,19,21H,4H2,1H3/t15-,16+,19+/m1/s1. The molecule has 0 spiro atoms. The fourth-order valence-corrected chi connectivity index (χ4v) is 3.67. The van der Waals surface area contributed by atoms with E-state index in [1.54, 1.807) is 6.07 Å². The lowest BCUT2D eigenvalue weighted by molar-refractivity contribution is 0.424. The Morgan fingerprint density at radius 3 is 2.71 bits per heavy atom. The summed E-state index contributed by atoms with van der Waals surface area (Å²) in [5.74, 6) is 0.647. The Hall–Kier alpha value is -2.09. The monoisotopic (exact) mass is 279 g/mol. The van der Waals surface area contributed by atoms with Crippen LogP contribution in [-0.2, 0) is 0 Å². The molecule has 2 heteroatoms. The number of allylic oxidation sites excluding steroid dienone is 2. The van der Waals surface area contributed by atoms with E-state index in [1.165, 1.54) is 17.2 Å². The number of aryl methyl sites for hydroxylation is 1. The number of anilines is 1. The average Bonchev–Trinajstić information content (AvgIpc) is 2.97. The van der Waals surface area contributed by atoms with Gasteiger partial charge in [-0.2, -0.15) is 0 Å². The van der Waals surface area contributed by atoms with Crippen molar-refractivity contribution >= 4 is 5.69 Å². The molecular weight excluding hydrogens is 261 g/mol. The van der Waals surface area contributed by atoms with Crippen LogP contribution in [0, 0.1) is 18.7 Å². The molecule has 21 heavy (non-hydrogen) atoms. The largest absolute Gasteiger partial charge is 0.378 e. The fourth-order valence-electron chi connectivity index (χ4n) is 3.67. The molecule has 1 aliphatic carbocycles. The summed E-state index contributed by atoms with van der Waals surface area (Å²) in [7, 11) is 0. The summed E-state index contributed by atoms with van der Waals surface area (Å²) in [4.78, 5) is 0. The Balaban J connectivity index is 1.78. The van der Waals surface area contributed by atoms with Gasteiger partial charge in [-0.3, -0.25) is 0 Å². The number of halogens is 1. The molecule has 0 unspecified atom stereocenters. The van der Waals surface area contributed by atoms with Crippen LogP contribution in [0.3, 0.4) is 0 Å². The molecule has 1 N–H and O–H groups in total. The second kappa shape index (κ2) is 4.73. The molecular formula is C19H18FN. The smallest absolute Gasteiger partial charge is 0.123 e. The van der Waals surface area contributed by atoms with Crippen LogP contribution in [0.1, 0.15) is 35.1 Å². The zero-order valence-corrected chi connectivity index (χ0v) is 12.0. The van der Waals surface area contributed by atoms with Crippen LogP contribution in [0.4, 0.5) is 10.1 Å². The first-order chi connectivity index (χ1) is 10.2. The van der Waals surface area contributed by atoms with Crippen LogP contribution in [-0.4, -0.2) is 0 Å². The molecule has 1 nitrogen and oxygen atoms in total. The molecule has 0 bridgehead atoms. The molecule has 0 radical (unpaired) electrons. The van der Waals surface area contributed by atoms with E-state index >= 15 is 0 Å². The fraction of sp³-hybridized carbons (Fsp3) is 0.263. The zero-order valence-electron chi connectivity index (χ0n) is 12.0. The van der Waals surface area contributed by atoms with Gasteiger partial charge in [0, 0.05) is 11.6 Å². The summed E-state index contributed by atoms with van der Waals surface area (Å²) in [5, 5.41) is 3.62. The molecule has 2 aromatic carbocycles. The molecule has 106 valence electrons. The van der Waals surface area contributed by atoms with Gasteiger partial charge in [0.05, 0.1) is 6.04 Å². The van der Waals surface area contributed by atoms with Gasteiger partial charge < -0.3 is 5.32 Å². The predicted molar refractivity (Wildman–Crippen MR) is 83.9 cm³/mol. The van der Waals surface area contributed by atoms with E-state index in [1.807, 2.05) is 6.07 Å². The average molecular weight is 279 g/mol. The van der Waals surface area contributed by atoms with Crippen molar-refractivity contribution in [3.05, 3.63) is 77.1 Å². The van der Waals surface area contributed by atoms with E-state index in [2.05, 4.69) is 48.7 Å². The van der Waals surface area contributed by atoms with Gasteiger partial charge in [-0.05, 0) is 48.6 Å². The molecule has 1 heterocycles. The lowest BCUT2D eigenvalue weighted by atomic mass is 9.77.